The van der Waals surface area contributed by atoms with Gasteiger partial charge in [-0.3, -0.25) is 9.78 Å². The maximum Gasteiger partial charge on any atom is 0.271 e. The Morgan fingerprint density at radius 1 is 1.24 bits per heavy atom. The summed E-state index contributed by atoms with van der Waals surface area (Å²) < 4.78 is 27.3. The van der Waals surface area contributed by atoms with Crippen LogP contribution in [0.15, 0.2) is 58.8 Å². The van der Waals surface area contributed by atoms with Gasteiger partial charge in [0.15, 0.2) is 0 Å². The van der Waals surface area contributed by atoms with E-state index < -0.39 is 15.9 Å². The Balaban J connectivity index is 1.64. The van der Waals surface area contributed by atoms with Crippen molar-refractivity contribution in [3.63, 3.8) is 0 Å². The Bertz CT molecular complexity index is 953. The summed E-state index contributed by atoms with van der Waals surface area (Å²) in [6.07, 6.45) is 6.45. The third-order valence-corrected chi connectivity index (χ3v) is 7.10. The van der Waals surface area contributed by atoms with Gasteiger partial charge in [-0.05, 0) is 30.3 Å². The molecular formula is C20H26N5O3S+. The third kappa shape index (κ3) is 5.26. The molecule has 2 heterocycles. The fourth-order valence-electron chi connectivity index (χ4n) is 3.28. The monoisotopic (exact) mass is 416 g/mol. The number of nitrogens with one attached hydrogen (secondary N) is 2. The van der Waals surface area contributed by atoms with E-state index in [-0.39, 0.29) is 10.9 Å². The molecular weight excluding hydrogens is 390 g/mol. The molecule has 9 heteroatoms. The zero-order chi connectivity index (χ0) is 20.9. The Hall–Kier alpha value is -2.62. The normalized spacial score (nSPS) is 20.1. The molecule has 0 radical (unpaired) electrons. The molecule has 1 amide bonds. The molecule has 2 aromatic rings. The molecule has 0 aliphatic carbocycles. The van der Waals surface area contributed by atoms with Crippen molar-refractivity contribution < 1.29 is 18.1 Å². The van der Waals surface area contributed by atoms with Crippen LogP contribution < -0.4 is 10.3 Å². The van der Waals surface area contributed by atoms with Crippen LogP contribution in [0.5, 0.6) is 0 Å². The Morgan fingerprint density at radius 2 is 1.93 bits per heavy atom. The molecule has 8 nitrogen and oxygen atoms in total. The number of piperidine rings is 1. The number of carbonyl (C=O) groups is 1. The molecule has 3 rings (SSSR count). The number of benzene rings is 1. The van der Waals surface area contributed by atoms with Gasteiger partial charge in [0.1, 0.15) is 0 Å². The fourth-order valence-corrected chi connectivity index (χ4v) is 4.70. The highest BCUT2D eigenvalue weighted by Crippen LogP contribution is 2.20. The summed E-state index contributed by atoms with van der Waals surface area (Å²) in [7, 11) is 0.158. The van der Waals surface area contributed by atoms with E-state index in [2.05, 4.69) is 22.6 Å². The smallest absolute Gasteiger partial charge is 0.271 e. The van der Waals surface area contributed by atoms with Gasteiger partial charge in [0, 0.05) is 49.5 Å². The second-order valence-corrected chi connectivity index (χ2v) is 9.22. The first-order chi connectivity index (χ1) is 13.9. The van der Waals surface area contributed by atoms with Crippen LogP contribution in [0, 0.1) is 0 Å². The molecule has 0 unspecified atom stereocenters. The quantitative estimate of drug-likeness (QED) is 0.517. The van der Waals surface area contributed by atoms with Gasteiger partial charge in [-0.2, -0.15) is 9.41 Å². The standard InChI is InChI=1S/C20H25N5O3S/c1-24-12-9-18(10-13-24)25(2)29(27,28)19-7-5-17(6-8-19)20(26)23-22-15-16-4-3-11-21-14-16/h3-8,11,14-15,18H,9-10,12-13H2,1-2H3,(H,23,26)/p+1/b22-15-. The number of hydrogen-bond donors (Lipinski definition) is 2. The van der Waals surface area contributed by atoms with Gasteiger partial charge < -0.3 is 4.90 Å². The summed E-state index contributed by atoms with van der Waals surface area (Å²) in [6, 6.07) is 9.50. The van der Waals surface area contributed by atoms with Crippen LogP contribution in [0.25, 0.3) is 0 Å². The number of rotatable bonds is 6. The highest BCUT2D eigenvalue weighted by molar-refractivity contribution is 7.89. The van der Waals surface area contributed by atoms with E-state index in [1.807, 2.05) is 6.07 Å². The summed E-state index contributed by atoms with van der Waals surface area (Å²) in [6.45, 7) is 1.92. The molecule has 1 fully saturated rings. The molecule has 1 aliphatic rings. The maximum atomic E-state index is 12.9. The molecule has 0 saturated carbocycles. The molecule has 1 aromatic carbocycles. The van der Waals surface area contributed by atoms with Crippen LogP contribution >= 0.6 is 0 Å². The average Bonchev–Trinajstić information content (AvgIpc) is 2.74. The van der Waals surface area contributed by atoms with Crippen molar-refractivity contribution >= 4 is 22.1 Å². The van der Waals surface area contributed by atoms with Gasteiger partial charge in [-0.25, -0.2) is 13.8 Å². The van der Waals surface area contributed by atoms with Crippen molar-refractivity contribution in [1.82, 2.24) is 14.7 Å². The first kappa shape index (κ1) is 21.1. The Morgan fingerprint density at radius 3 is 2.55 bits per heavy atom. The van der Waals surface area contributed by atoms with Crippen LogP contribution in [0.1, 0.15) is 28.8 Å². The first-order valence-corrected chi connectivity index (χ1v) is 10.9. The zero-order valence-electron chi connectivity index (χ0n) is 16.6. The summed E-state index contributed by atoms with van der Waals surface area (Å²) in [5.41, 5.74) is 3.51. The lowest BCUT2D eigenvalue weighted by molar-refractivity contribution is -0.885. The predicted molar refractivity (Wildman–Crippen MR) is 110 cm³/mol. The number of aromatic nitrogens is 1. The number of pyridine rings is 1. The van der Waals surface area contributed by atoms with Crippen molar-refractivity contribution in [3.05, 3.63) is 59.9 Å². The molecule has 29 heavy (non-hydrogen) atoms. The number of carbonyl (C=O) groups excluding carboxylic acids is 1. The van der Waals surface area contributed by atoms with E-state index in [0.717, 1.165) is 31.5 Å². The maximum absolute atomic E-state index is 12.9. The van der Waals surface area contributed by atoms with Crippen LogP contribution in [0.4, 0.5) is 0 Å². The molecule has 154 valence electrons. The number of likely N-dealkylation sites (tertiary alicyclic amines) is 1. The van der Waals surface area contributed by atoms with E-state index >= 15 is 0 Å². The summed E-state index contributed by atoms with van der Waals surface area (Å²) in [4.78, 5) is 17.8. The van der Waals surface area contributed by atoms with Gasteiger partial charge in [-0.1, -0.05) is 6.07 Å². The SMILES string of the molecule is CN(C1CC[NH+](C)CC1)S(=O)(=O)c1ccc(C(=O)N/N=C\c2cccnc2)cc1. The number of sulfonamides is 1. The van der Waals surface area contributed by atoms with Gasteiger partial charge in [0.25, 0.3) is 5.91 Å². The lowest BCUT2D eigenvalue weighted by Crippen LogP contribution is -3.10. The minimum Gasteiger partial charge on any atom is -0.337 e. The van der Waals surface area contributed by atoms with E-state index in [9.17, 15) is 13.2 Å². The summed E-state index contributed by atoms with van der Waals surface area (Å²) >= 11 is 0. The molecule has 2 N–H and O–H groups in total. The predicted octanol–water partition coefficient (Wildman–Crippen LogP) is 0.143. The largest absolute Gasteiger partial charge is 0.337 e. The average molecular weight is 417 g/mol. The summed E-state index contributed by atoms with van der Waals surface area (Å²) in [5, 5.41) is 3.89. The number of nitrogens with zero attached hydrogens (tertiary/aromatic N) is 3. The first-order valence-electron chi connectivity index (χ1n) is 9.51. The highest BCUT2D eigenvalue weighted by atomic mass is 32.2. The van der Waals surface area contributed by atoms with Crippen LogP contribution in [0.2, 0.25) is 0 Å². The Labute approximate surface area is 171 Å². The third-order valence-electron chi connectivity index (χ3n) is 5.18. The molecule has 0 bridgehead atoms. The molecule has 1 aliphatic heterocycles. The molecule has 1 aromatic heterocycles. The van der Waals surface area contributed by atoms with Gasteiger partial charge in [0.2, 0.25) is 10.0 Å². The number of hydrogen-bond acceptors (Lipinski definition) is 5. The lowest BCUT2D eigenvalue weighted by atomic mass is 10.1. The second-order valence-electron chi connectivity index (χ2n) is 7.22. The van der Waals surface area contributed by atoms with Gasteiger partial charge >= 0.3 is 0 Å². The lowest BCUT2D eigenvalue weighted by Gasteiger charge is -2.32. The topological polar surface area (TPSA) is 96.2 Å². The van der Waals surface area contributed by atoms with Crippen LogP contribution in [-0.2, 0) is 10.0 Å². The molecule has 0 spiro atoms. The van der Waals surface area contributed by atoms with Crippen molar-refractivity contribution in [1.29, 1.82) is 0 Å². The van der Waals surface area contributed by atoms with Crippen molar-refractivity contribution in [2.45, 2.75) is 23.8 Å². The number of amides is 1. The van der Waals surface area contributed by atoms with Crippen LogP contribution in [0.3, 0.4) is 0 Å². The van der Waals surface area contributed by atoms with Crippen molar-refractivity contribution in [2.24, 2.45) is 5.10 Å². The van der Waals surface area contributed by atoms with E-state index in [1.165, 1.54) is 39.7 Å². The van der Waals surface area contributed by atoms with Gasteiger partial charge in [-0.15, -0.1) is 0 Å². The minimum absolute atomic E-state index is 0.00786. The van der Waals surface area contributed by atoms with E-state index in [0.29, 0.717) is 5.56 Å². The molecule has 1 saturated heterocycles. The van der Waals surface area contributed by atoms with Crippen molar-refractivity contribution in [3.8, 4) is 0 Å². The minimum atomic E-state index is -3.60. The number of hydrazone groups is 1. The zero-order valence-corrected chi connectivity index (χ0v) is 17.4. The van der Waals surface area contributed by atoms with Crippen LogP contribution in [-0.4, -0.2) is 63.1 Å². The van der Waals surface area contributed by atoms with E-state index in [4.69, 9.17) is 0 Å². The highest BCUT2D eigenvalue weighted by Gasteiger charge is 2.31. The second kappa shape index (κ2) is 9.25. The fraction of sp³-hybridized carbons (Fsp3) is 0.350. The Kier molecular flexibility index (Phi) is 6.73. The number of quaternary nitrogens is 1. The summed E-state index contributed by atoms with van der Waals surface area (Å²) in [5.74, 6) is -0.416. The van der Waals surface area contributed by atoms with Crippen molar-refractivity contribution in [2.75, 3.05) is 27.2 Å². The molecule has 0 atom stereocenters. The van der Waals surface area contributed by atoms with Gasteiger partial charge in [0.05, 0.1) is 31.2 Å². The van der Waals surface area contributed by atoms with E-state index in [1.54, 1.807) is 25.5 Å².